The first-order valence-corrected chi connectivity index (χ1v) is 11.4. The summed E-state index contributed by atoms with van der Waals surface area (Å²) in [5, 5.41) is 1.66. The van der Waals surface area contributed by atoms with Gasteiger partial charge in [0, 0.05) is 46.8 Å². The monoisotopic (exact) mass is 451 g/mol. The molecule has 2 saturated heterocycles. The quantitative estimate of drug-likeness (QED) is 0.603. The van der Waals surface area contributed by atoms with Crippen molar-refractivity contribution in [2.45, 2.75) is 38.2 Å². The molecule has 2 aliphatic rings. The average Bonchev–Trinajstić information content (AvgIpc) is 3.17. The number of hydrogen-bond donors (Lipinski definition) is 1. The van der Waals surface area contributed by atoms with Crippen molar-refractivity contribution in [1.29, 1.82) is 0 Å². The van der Waals surface area contributed by atoms with Crippen LogP contribution >= 0.6 is 11.6 Å². The summed E-state index contributed by atoms with van der Waals surface area (Å²) in [6.45, 7) is 3.77. The SMILES string of the molecule is Cc1[nH]c2ccc(Cl)cc2c1CC(=O)N1CCCC2(CC1)CN(c1ccccc1)C(=O)O2. The number of aromatic nitrogens is 1. The second kappa shape index (κ2) is 8.17. The summed E-state index contributed by atoms with van der Waals surface area (Å²) < 4.78 is 5.89. The van der Waals surface area contributed by atoms with Crippen LogP contribution in [0.25, 0.3) is 10.9 Å². The Morgan fingerprint density at radius 1 is 1.16 bits per heavy atom. The third kappa shape index (κ3) is 3.84. The van der Waals surface area contributed by atoms with E-state index in [9.17, 15) is 9.59 Å². The van der Waals surface area contributed by atoms with Gasteiger partial charge in [-0.15, -0.1) is 0 Å². The van der Waals surface area contributed by atoms with Gasteiger partial charge >= 0.3 is 6.09 Å². The molecule has 2 aliphatic heterocycles. The molecule has 6 nitrogen and oxygen atoms in total. The molecule has 0 saturated carbocycles. The van der Waals surface area contributed by atoms with E-state index >= 15 is 0 Å². The van der Waals surface area contributed by atoms with Crippen molar-refractivity contribution in [2.24, 2.45) is 0 Å². The van der Waals surface area contributed by atoms with Gasteiger partial charge in [-0.2, -0.15) is 0 Å². The number of anilines is 1. The van der Waals surface area contributed by atoms with Crippen molar-refractivity contribution in [3.05, 3.63) is 64.8 Å². The highest BCUT2D eigenvalue weighted by Gasteiger charge is 2.46. The molecule has 1 spiro atoms. The van der Waals surface area contributed by atoms with E-state index in [2.05, 4.69) is 4.98 Å². The number of carbonyl (C=O) groups excluding carboxylic acids is 2. The summed E-state index contributed by atoms with van der Waals surface area (Å²) in [5.41, 5.74) is 3.29. The smallest absolute Gasteiger partial charge is 0.415 e. The summed E-state index contributed by atoms with van der Waals surface area (Å²) in [6, 6.07) is 15.3. The first kappa shape index (κ1) is 20.9. The highest BCUT2D eigenvalue weighted by atomic mass is 35.5. The molecule has 166 valence electrons. The van der Waals surface area contributed by atoms with Crippen molar-refractivity contribution in [2.75, 3.05) is 24.5 Å². The molecule has 1 N–H and O–H groups in total. The van der Waals surface area contributed by atoms with Crippen LogP contribution in [0.2, 0.25) is 5.02 Å². The van der Waals surface area contributed by atoms with Gasteiger partial charge in [0.2, 0.25) is 5.91 Å². The molecule has 7 heteroatoms. The average molecular weight is 452 g/mol. The summed E-state index contributed by atoms with van der Waals surface area (Å²) in [6.07, 6.45) is 2.23. The fraction of sp³-hybridized carbons (Fsp3) is 0.360. The minimum Gasteiger partial charge on any atom is -0.441 e. The van der Waals surface area contributed by atoms with Crippen LogP contribution in [0.4, 0.5) is 10.5 Å². The van der Waals surface area contributed by atoms with Crippen LogP contribution in [0, 0.1) is 6.92 Å². The van der Waals surface area contributed by atoms with Crippen molar-refractivity contribution in [1.82, 2.24) is 9.88 Å². The van der Waals surface area contributed by atoms with Crippen LogP contribution in [-0.4, -0.2) is 47.1 Å². The van der Waals surface area contributed by atoms with Gasteiger partial charge in [-0.1, -0.05) is 29.8 Å². The highest BCUT2D eigenvalue weighted by Crippen LogP contribution is 2.36. The number of ether oxygens (including phenoxy) is 1. The lowest BCUT2D eigenvalue weighted by atomic mass is 9.95. The van der Waals surface area contributed by atoms with Crippen LogP contribution in [-0.2, 0) is 16.0 Å². The number of benzene rings is 2. The molecule has 1 unspecified atom stereocenters. The van der Waals surface area contributed by atoms with Crippen molar-refractivity contribution in [3.63, 3.8) is 0 Å². The minimum absolute atomic E-state index is 0.0928. The standard InChI is InChI=1S/C25H26ClN3O3/c1-17-20(21-14-18(26)8-9-22(21)27-17)15-23(30)28-12-5-10-25(11-13-28)16-29(24(31)32-25)19-6-3-2-4-7-19/h2-4,6-9,14,27H,5,10-13,15-16H2,1H3. The van der Waals surface area contributed by atoms with Crippen LogP contribution in [0.15, 0.2) is 48.5 Å². The second-order valence-corrected chi connectivity index (χ2v) is 9.24. The predicted octanol–water partition coefficient (Wildman–Crippen LogP) is 5.08. The summed E-state index contributed by atoms with van der Waals surface area (Å²) in [4.78, 5) is 32.8. The van der Waals surface area contributed by atoms with Crippen LogP contribution in [0.3, 0.4) is 0 Å². The Morgan fingerprint density at radius 3 is 2.78 bits per heavy atom. The Hall–Kier alpha value is -2.99. The van der Waals surface area contributed by atoms with Crippen molar-refractivity contribution >= 4 is 40.2 Å². The largest absolute Gasteiger partial charge is 0.441 e. The number of para-hydroxylation sites is 1. The number of hydrogen-bond acceptors (Lipinski definition) is 3. The Labute approximate surface area is 192 Å². The molecule has 0 bridgehead atoms. The van der Waals surface area contributed by atoms with Gasteiger partial charge in [0.25, 0.3) is 0 Å². The van der Waals surface area contributed by atoms with Crippen molar-refractivity contribution < 1.29 is 14.3 Å². The predicted molar refractivity (Wildman–Crippen MR) is 125 cm³/mol. The van der Waals surface area contributed by atoms with E-state index in [0.717, 1.165) is 40.7 Å². The lowest BCUT2D eigenvalue weighted by Crippen LogP contribution is -2.37. The molecule has 3 aromatic rings. The molecular weight excluding hydrogens is 426 g/mol. The number of rotatable bonds is 3. The molecule has 1 atom stereocenters. The number of aromatic amines is 1. The van der Waals surface area contributed by atoms with Gasteiger partial charge in [-0.05, 0) is 55.7 Å². The van der Waals surface area contributed by atoms with E-state index in [0.29, 0.717) is 37.5 Å². The number of carbonyl (C=O) groups is 2. The van der Waals surface area contributed by atoms with E-state index < -0.39 is 5.60 Å². The second-order valence-electron chi connectivity index (χ2n) is 8.80. The zero-order valence-corrected chi connectivity index (χ0v) is 18.8. The minimum atomic E-state index is -0.536. The fourth-order valence-corrected chi connectivity index (χ4v) is 5.12. The van der Waals surface area contributed by atoms with Gasteiger partial charge < -0.3 is 14.6 Å². The third-order valence-electron chi connectivity index (χ3n) is 6.70. The summed E-state index contributed by atoms with van der Waals surface area (Å²) in [7, 11) is 0. The first-order valence-electron chi connectivity index (χ1n) is 11.0. The zero-order valence-electron chi connectivity index (χ0n) is 18.1. The molecule has 3 heterocycles. The number of amides is 2. The Kier molecular flexibility index (Phi) is 5.33. The molecule has 5 rings (SSSR count). The molecule has 32 heavy (non-hydrogen) atoms. The lowest BCUT2D eigenvalue weighted by molar-refractivity contribution is -0.130. The normalized spacial score (nSPS) is 21.2. The molecule has 2 fully saturated rings. The maximum absolute atomic E-state index is 13.2. The van der Waals surface area contributed by atoms with E-state index in [4.69, 9.17) is 16.3 Å². The van der Waals surface area contributed by atoms with Crippen LogP contribution in [0.5, 0.6) is 0 Å². The fourth-order valence-electron chi connectivity index (χ4n) is 4.95. The van der Waals surface area contributed by atoms with Crippen LogP contribution < -0.4 is 4.90 Å². The molecule has 0 radical (unpaired) electrons. The number of nitrogens with zero attached hydrogens (tertiary/aromatic N) is 2. The van der Waals surface area contributed by atoms with Gasteiger partial charge in [-0.3, -0.25) is 9.69 Å². The Balaban J connectivity index is 1.29. The number of likely N-dealkylation sites (tertiary alicyclic amines) is 1. The number of halogens is 1. The van der Waals surface area contributed by atoms with Gasteiger partial charge in [0.05, 0.1) is 13.0 Å². The number of fused-ring (bicyclic) bond motifs is 1. The maximum Gasteiger partial charge on any atom is 0.415 e. The lowest BCUT2D eigenvalue weighted by Gasteiger charge is -2.25. The van der Waals surface area contributed by atoms with E-state index in [1.807, 2.05) is 60.4 Å². The number of H-pyrrole nitrogens is 1. The van der Waals surface area contributed by atoms with Gasteiger partial charge in [0.15, 0.2) is 0 Å². The molecular formula is C25H26ClN3O3. The zero-order chi connectivity index (χ0) is 22.3. The Morgan fingerprint density at radius 2 is 1.97 bits per heavy atom. The third-order valence-corrected chi connectivity index (χ3v) is 6.93. The first-order chi connectivity index (χ1) is 15.4. The van der Waals surface area contributed by atoms with Gasteiger partial charge in [-0.25, -0.2) is 4.79 Å². The number of aryl methyl sites for hydroxylation is 1. The maximum atomic E-state index is 13.2. The van der Waals surface area contributed by atoms with Gasteiger partial charge in [0.1, 0.15) is 5.60 Å². The molecule has 0 aliphatic carbocycles. The highest BCUT2D eigenvalue weighted by molar-refractivity contribution is 6.31. The Bertz CT molecular complexity index is 1180. The van der Waals surface area contributed by atoms with Crippen LogP contribution in [0.1, 0.15) is 30.5 Å². The van der Waals surface area contributed by atoms with Crippen molar-refractivity contribution in [3.8, 4) is 0 Å². The number of nitrogens with one attached hydrogen (secondary N) is 1. The van der Waals surface area contributed by atoms with E-state index in [-0.39, 0.29) is 12.0 Å². The molecule has 2 amide bonds. The topological polar surface area (TPSA) is 65.6 Å². The molecule has 2 aromatic carbocycles. The molecule has 1 aromatic heterocycles. The van der Waals surface area contributed by atoms with E-state index in [1.165, 1.54) is 0 Å². The summed E-state index contributed by atoms with van der Waals surface area (Å²) in [5.74, 6) is 0.0928. The summed E-state index contributed by atoms with van der Waals surface area (Å²) >= 11 is 6.19. The van der Waals surface area contributed by atoms with E-state index in [1.54, 1.807) is 4.90 Å².